The van der Waals surface area contributed by atoms with E-state index in [1.54, 1.807) is 6.07 Å². The van der Waals surface area contributed by atoms with Crippen LogP contribution in [0.2, 0.25) is 5.15 Å². The molecule has 98 valence electrons. The number of carbonyl (C=O) groups is 1. The molecule has 1 amide bonds. The zero-order valence-corrected chi connectivity index (χ0v) is 10.5. The van der Waals surface area contributed by atoms with Crippen LogP contribution in [0.25, 0.3) is 0 Å². The molecule has 1 aromatic rings. The van der Waals surface area contributed by atoms with Gasteiger partial charge in [0, 0.05) is 18.2 Å². The molecule has 18 heavy (non-hydrogen) atoms. The molecule has 1 heterocycles. The highest BCUT2D eigenvalue weighted by atomic mass is 35.5. The van der Waals surface area contributed by atoms with Gasteiger partial charge in [-0.2, -0.15) is 0 Å². The average Bonchev–Trinajstić information content (AvgIpc) is 2.31. The predicted octanol–water partition coefficient (Wildman–Crippen LogP) is 2.12. The molecule has 1 aliphatic rings. The predicted molar refractivity (Wildman–Crippen MR) is 67.9 cm³/mol. The number of carboxylic acid groups (broad SMARTS) is 1. The van der Waals surface area contributed by atoms with Crippen molar-refractivity contribution < 1.29 is 9.90 Å². The summed E-state index contributed by atoms with van der Waals surface area (Å²) in [5, 5.41) is 14.9. The van der Waals surface area contributed by atoms with Crippen molar-refractivity contribution in [3.05, 3.63) is 17.5 Å². The Hall–Kier alpha value is -1.56. The Bertz CT molecular complexity index is 421. The third-order valence-corrected chi connectivity index (χ3v) is 3.25. The highest BCUT2D eigenvalue weighted by molar-refractivity contribution is 6.29. The summed E-state index contributed by atoms with van der Waals surface area (Å²) in [4.78, 5) is 18.4. The summed E-state index contributed by atoms with van der Waals surface area (Å²) >= 11 is 5.78. The molecule has 1 aliphatic carbocycles. The Labute approximate surface area is 110 Å². The van der Waals surface area contributed by atoms with E-state index in [4.69, 9.17) is 16.7 Å². The molecular weight excluding hydrogens is 256 g/mol. The van der Waals surface area contributed by atoms with Crippen molar-refractivity contribution in [3.63, 3.8) is 0 Å². The minimum Gasteiger partial charge on any atom is -0.465 e. The summed E-state index contributed by atoms with van der Waals surface area (Å²) < 4.78 is 0. The molecular formula is C11H15ClN4O2. The molecule has 3 N–H and O–H groups in total. The molecule has 0 radical (unpaired) electrons. The molecule has 1 saturated carbocycles. The van der Waals surface area contributed by atoms with Gasteiger partial charge < -0.3 is 15.7 Å². The van der Waals surface area contributed by atoms with Gasteiger partial charge in [0.2, 0.25) is 0 Å². The number of amides is 1. The van der Waals surface area contributed by atoms with Crippen LogP contribution in [0.4, 0.5) is 10.6 Å². The van der Waals surface area contributed by atoms with E-state index in [0.29, 0.717) is 17.0 Å². The van der Waals surface area contributed by atoms with E-state index in [0.717, 1.165) is 25.7 Å². The maximum Gasteiger partial charge on any atom is 0.404 e. The van der Waals surface area contributed by atoms with Crippen LogP contribution >= 0.6 is 11.6 Å². The number of nitrogens with zero attached hydrogens (tertiary/aromatic N) is 2. The van der Waals surface area contributed by atoms with Crippen LogP contribution in [0.15, 0.2) is 12.4 Å². The summed E-state index contributed by atoms with van der Waals surface area (Å²) in [6, 6.07) is 2.06. The van der Waals surface area contributed by atoms with E-state index in [-0.39, 0.29) is 6.04 Å². The monoisotopic (exact) mass is 270 g/mol. The first kappa shape index (κ1) is 12.9. The van der Waals surface area contributed by atoms with E-state index in [2.05, 4.69) is 20.6 Å². The first-order chi connectivity index (χ1) is 8.63. The maximum absolute atomic E-state index is 10.5. The van der Waals surface area contributed by atoms with Crippen LogP contribution < -0.4 is 10.6 Å². The Morgan fingerprint density at radius 2 is 1.94 bits per heavy atom. The fourth-order valence-corrected chi connectivity index (χ4v) is 2.33. The van der Waals surface area contributed by atoms with Gasteiger partial charge in [0.15, 0.2) is 0 Å². The van der Waals surface area contributed by atoms with Gasteiger partial charge >= 0.3 is 6.09 Å². The second-order valence-corrected chi connectivity index (χ2v) is 4.76. The van der Waals surface area contributed by atoms with Crippen LogP contribution in [-0.4, -0.2) is 33.3 Å². The quantitative estimate of drug-likeness (QED) is 0.733. The third kappa shape index (κ3) is 3.73. The summed E-state index contributed by atoms with van der Waals surface area (Å²) in [7, 11) is 0. The zero-order chi connectivity index (χ0) is 13.0. The van der Waals surface area contributed by atoms with Crippen molar-refractivity contribution in [1.29, 1.82) is 0 Å². The van der Waals surface area contributed by atoms with Gasteiger partial charge in [-0.15, -0.1) is 0 Å². The molecule has 0 bridgehead atoms. The minimum absolute atomic E-state index is 0.0644. The van der Waals surface area contributed by atoms with Gasteiger partial charge in [0.25, 0.3) is 0 Å². The second-order valence-electron chi connectivity index (χ2n) is 4.37. The van der Waals surface area contributed by atoms with Crippen molar-refractivity contribution >= 4 is 23.5 Å². The number of rotatable bonds is 3. The molecule has 0 atom stereocenters. The molecule has 1 fully saturated rings. The number of hydrogen-bond donors (Lipinski definition) is 3. The van der Waals surface area contributed by atoms with E-state index >= 15 is 0 Å². The first-order valence-electron chi connectivity index (χ1n) is 5.87. The molecule has 7 heteroatoms. The standard InChI is InChI=1S/C11H15ClN4O2/c12-9-5-10(14-6-13-9)15-7-1-3-8(4-2-7)16-11(17)18/h5-8,16H,1-4H2,(H,17,18)(H,13,14,15). The van der Waals surface area contributed by atoms with Gasteiger partial charge in [-0.1, -0.05) is 11.6 Å². The van der Waals surface area contributed by atoms with Crippen LogP contribution in [0.5, 0.6) is 0 Å². The smallest absolute Gasteiger partial charge is 0.404 e. The van der Waals surface area contributed by atoms with Gasteiger partial charge in [0.05, 0.1) is 0 Å². The Kier molecular flexibility index (Phi) is 4.19. The Balaban J connectivity index is 1.81. The highest BCUT2D eigenvalue weighted by Gasteiger charge is 2.22. The molecule has 0 aliphatic heterocycles. The van der Waals surface area contributed by atoms with Gasteiger partial charge in [-0.25, -0.2) is 14.8 Å². The van der Waals surface area contributed by atoms with Crippen molar-refractivity contribution in [2.75, 3.05) is 5.32 Å². The van der Waals surface area contributed by atoms with Gasteiger partial charge in [0.1, 0.15) is 17.3 Å². The molecule has 0 aromatic carbocycles. The fraction of sp³-hybridized carbons (Fsp3) is 0.545. The third-order valence-electron chi connectivity index (χ3n) is 3.04. The minimum atomic E-state index is -0.950. The first-order valence-corrected chi connectivity index (χ1v) is 6.25. The number of anilines is 1. The zero-order valence-electron chi connectivity index (χ0n) is 9.77. The van der Waals surface area contributed by atoms with Crippen LogP contribution in [0.1, 0.15) is 25.7 Å². The topological polar surface area (TPSA) is 87.1 Å². The van der Waals surface area contributed by atoms with E-state index in [9.17, 15) is 4.79 Å². The van der Waals surface area contributed by atoms with E-state index < -0.39 is 6.09 Å². The molecule has 6 nitrogen and oxygen atoms in total. The van der Waals surface area contributed by atoms with Crippen molar-refractivity contribution in [1.82, 2.24) is 15.3 Å². The van der Waals surface area contributed by atoms with Crippen LogP contribution in [-0.2, 0) is 0 Å². The van der Waals surface area contributed by atoms with E-state index in [1.807, 2.05) is 0 Å². The van der Waals surface area contributed by atoms with Crippen molar-refractivity contribution in [2.24, 2.45) is 0 Å². The summed E-state index contributed by atoms with van der Waals surface area (Å²) in [5.74, 6) is 0.713. The molecule has 0 spiro atoms. The average molecular weight is 271 g/mol. The van der Waals surface area contributed by atoms with Crippen molar-refractivity contribution in [3.8, 4) is 0 Å². The lowest BCUT2D eigenvalue weighted by Gasteiger charge is -2.29. The number of aromatic nitrogens is 2. The lowest BCUT2D eigenvalue weighted by Crippen LogP contribution is -2.39. The lowest BCUT2D eigenvalue weighted by molar-refractivity contribution is 0.185. The molecule has 1 aromatic heterocycles. The molecule has 0 saturated heterocycles. The fourth-order valence-electron chi connectivity index (χ4n) is 2.18. The second kappa shape index (κ2) is 5.86. The summed E-state index contributed by atoms with van der Waals surface area (Å²) in [5.41, 5.74) is 0. The normalized spacial score (nSPS) is 23.4. The number of hydrogen-bond acceptors (Lipinski definition) is 4. The van der Waals surface area contributed by atoms with Gasteiger partial charge in [-0.05, 0) is 25.7 Å². The Morgan fingerprint density at radius 3 is 2.56 bits per heavy atom. The number of nitrogens with one attached hydrogen (secondary N) is 2. The largest absolute Gasteiger partial charge is 0.465 e. The van der Waals surface area contributed by atoms with Crippen LogP contribution in [0.3, 0.4) is 0 Å². The Morgan fingerprint density at radius 1 is 1.28 bits per heavy atom. The van der Waals surface area contributed by atoms with Crippen LogP contribution in [0, 0.1) is 0 Å². The summed E-state index contributed by atoms with van der Waals surface area (Å²) in [6.45, 7) is 0. The maximum atomic E-state index is 10.5. The molecule has 0 unspecified atom stereocenters. The SMILES string of the molecule is O=C(O)NC1CCC(Nc2cc(Cl)ncn2)CC1. The van der Waals surface area contributed by atoms with E-state index in [1.165, 1.54) is 6.33 Å². The van der Waals surface area contributed by atoms with Crippen molar-refractivity contribution in [2.45, 2.75) is 37.8 Å². The number of halogens is 1. The van der Waals surface area contributed by atoms with Gasteiger partial charge in [-0.3, -0.25) is 0 Å². The highest BCUT2D eigenvalue weighted by Crippen LogP contribution is 2.22. The summed E-state index contributed by atoms with van der Waals surface area (Å²) in [6.07, 6.45) is 3.96. The molecule has 2 rings (SSSR count). The lowest BCUT2D eigenvalue weighted by atomic mass is 9.91.